The first-order valence-electron chi connectivity index (χ1n) is 11.3. The van der Waals surface area contributed by atoms with Crippen molar-refractivity contribution in [1.82, 2.24) is 19.5 Å². The molecule has 0 saturated carbocycles. The highest BCUT2D eigenvalue weighted by molar-refractivity contribution is 5.94. The first-order valence-corrected chi connectivity index (χ1v) is 11.3. The van der Waals surface area contributed by atoms with Gasteiger partial charge in [-0.1, -0.05) is 25.5 Å². The van der Waals surface area contributed by atoms with Crippen molar-refractivity contribution in [2.45, 2.75) is 45.6 Å². The number of nitrogens with one attached hydrogen (secondary N) is 1. The van der Waals surface area contributed by atoms with Gasteiger partial charge in [0.2, 0.25) is 0 Å². The van der Waals surface area contributed by atoms with E-state index in [4.69, 9.17) is 15.6 Å². The van der Waals surface area contributed by atoms with Crippen LogP contribution in [0.5, 0.6) is 0 Å². The Morgan fingerprint density at radius 2 is 1.82 bits per heavy atom. The summed E-state index contributed by atoms with van der Waals surface area (Å²) in [5.41, 5.74) is 9.33. The first-order chi connectivity index (χ1) is 15.9. The van der Waals surface area contributed by atoms with Gasteiger partial charge in [-0.2, -0.15) is 0 Å². The molecule has 3 aromatic rings. The van der Waals surface area contributed by atoms with Gasteiger partial charge in [-0.3, -0.25) is 9.59 Å². The molecule has 33 heavy (non-hydrogen) atoms. The maximum atomic E-state index is 12.7. The lowest BCUT2D eigenvalue weighted by atomic mass is 10.0. The van der Waals surface area contributed by atoms with E-state index in [2.05, 4.69) is 22.3 Å². The van der Waals surface area contributed by atoms with Crippen LogP contribution >= 0.6 is 0 Å². The molecular formula is C24H32N6O3. The van der Waals surface area contributed by atoms with Crippen molar-refractivity contribution >= 4 is 23.3 Å². The molecule has 1 amide bonds. The zero-order valence-electron chi connectivity index (χ0n) is 19.2. The average Bonchev–Trinajstić information content (AvgIpc) is 3.22. The molecule has 1 fully saturated rings. The number of unbranched alkanes of at least 4 members (excludes halogenated alkanes) is 1. The van der Waals surface area contributed by atoms with Crippen LogP contribution < -0.4 is 11.1 Å². The maximum absolute atomic E-state index is 12.7. The zero-order chi connectivity index (χ0) is 23.8. The van der Waals surface area contributed by atoms with Gasteiger partial charge in [0.05, 0.1) is 11.9 Å². The van der Waals surface area contributed by atoms with Gasteiger partial charge < -0.3 is 21.1 Å². The summed E-state index contributed by atoms with van der Waals surface area (Å²) in [4.78, 5) is 28.1. The number of carbonyl (C=O) groups excluding carboxylic acids is 1. The number of anilines is 1. The number of aromatic nitrogens is 3. The maximum Gasteiger partial charge on any atom is 0.300 e. The molecule has 1 aliphatic rings. The third-order valence-corrected chi connectivity index (χ3v) is 5.45. The molecule has 1 aliphatic heterocycles. The smallest absolute Gasteiger partial charge is 0.300 e. The number of rotatable bonds is 6. The molecule has 3 heterocycles. The van der Waals surface area contributed by atoms with Crippen molar-refractivity contribution in [3.05, 3.63) is 48.2 Å². The Labute approximate surface area is 193 Å². The highest BCUT2D eigenvalue weighted by Gasteiger charge is 2.21. The number of hydrogen-bond donors (Lipinski definition) is 3. The van der Waals surface area contributed by atoms with E-state index in [1.807, 2.05) is 52.0 Å². The number of benzene rings is 1. The number of nitrogens with zero attached hydrogens (tertiary/aromatic N) is 4. The van der Waals surface area contributed by atoms with E-state index in [1.165, 1.54) is 0 Å². The van der Waals surface area contributed by atoms with E-state index >= 15 is 0 Å². The predicted molar refractivity (Wildman–Crippen MR) is 128 cm³/mol. The van der Waals surface area contributed by atoms with Crippen LogP contribution in [-0.2, 0) is 4.79 Å². The molecule has 4 N–H and O–H groups in total. The molecule has 1 saturated heterocycles. The van der Waals surface area contributed by atoms with Crippen LogP contribution in [0.15, 0.2) is 42.6 Å². The predicted octanol–water partition coefficient (Wildman–Crippen LogP) is 3.26. The second kappa shape index (κ2) is 11.4. The minimum Gasteiger partial charge on any atom is -0.481 e. The Bertz CT molecular complexity index is 1070. The van der Waals surface area contributed by atoms with Crippen molar-refractivity contribution in [3.63, 3.8) is 0 Å². The number of fused-ring (bicyclic) bond motifs is 1. The third kappa shape index (κ3) is 6.52. The summed E-state index contributed by atoms with van der Waals surface area (Å²) in [5.74, 6) is 0.0717. The van der Waals surface area contributed by atoms with Gasteiger partial charge in [0, 0.05) is 43.7 Å². The largest absolute Gasteiger partial charge is 0.481 e. The molecule has 2 aromatic heterocycles. The van der Waals surface area contributed by atoms with Gasteiger partial charge in [-0.05, 0) is 43.5 Å². The summed E-state index contributed by atoms with van der Waals surface area (Å²) in [5, 5.41) is 15.4. The van der Waals surface area contributed by atoms with Crippen molar-refractivity contribution in [3.8, 4) is 11.3 Å². The molecule has 176 valence electrons. The number of carboxylic acids is 1. The number of carbonyl (C=O) groups is 2. The number of aliphatic carboxylic acids is 1. The third-order valence-electron chi connectivity index (χ3n) is 5.45. The summed E-state index contributed by atoms with van der Waals surface area (Å²) in [7, 11) is 0. The summed E-state index contributed by atoms with van der Waals surface area (Å²) < 4.78 is 1.84. The lowest BCUT2D eigenvalue weighted by molar-refractivity contribution is -0.134. The average molecular weight is 453 g/mol. The van der Waals surface area contributed by atoms with E-state index in [9.17, 15) is 4.79 Å². The van der Waals surface area contributed by atoms with Gasteiger partial charge >= 0.3 is 0 Å². The van der Waals surface area contributed by atoms with E-state index in [1.54, 1.807) is 0 Å². The van der Waals surface area contributed by atoms with Gasteiger partial charge in [0.1, 0.15) is 5.82 Å². The lowest BCUT2D eigenvalue weighted by Crippen LogP contribution is -2.42. The van der Waals surface area contributed by atoms with E-state index in [0.717, 1.165) is 75.0 Å². The summed E-state index contributed by atoms with van der Waals surface area (Å²) in [6.45, 7) is 5.61. The van der Waals surface area contributed by atoms with Crippen LogP contribution in [-0.4, -0.2) is 62.2 Å². The van der Waals surface area contributed by atoms with E-state index in [-0.39, 0.29) is 11.9 Å². The lowest BCUT2D eigenvalue weighted by Gasteiger charge is -2.30. The molecule has 9 nitrogen and oxygen atoms in total. The quantitative estimate of drug-likeness (QED) is 0.490. The number of hydrogen-bond acceptors (Lipinski definition) is 6. The number of piperidine rings is 1. The van der Waals surface area contributed by atoms with E-state index in [0.29, 0.717) is 5.56 Å². The zero-order valence-corrected chi connectivity index (χ0v) is 19.2. The van der Waals surface area contributed by atoms with Gasteiger partial charge in [0.15, 0.2) is 5.65 Å². The molecule has 0 aliphatic carbocycles. The fraction of sp³-hybridized carbons (Fsp3) is 0.417. The topological polar surface area (TPSA) is 126 Å². The van der Waals surface area contributed by atoms with Crippen molar-refractivity contribution < 1.29 is 14.7 Å². The molecule has 0 spiro atoms. The SMILES string of the molecule is CC(=O)O.CCCCNc1ccc2ncc(-c3ccc(C(=O)N4CCC(N)CC4)cc3)n2n1. The number of carboxylic acid groups (broad SMARTS) is 1. The van der Waals surface area contributed by atoms with Crippen LogP contribution in [0.2, 0.25) is 0 Å². The Morgan fingerprint density at radius 3 is 2.45 bits per heavy atom. The van der Waals surface area contributed by atoms with Crippen LogP contribution in [0, 0.1) is 0 Å². The van der Waals surface area contributed by atoms with Crippen molar-refractivity contribution in [1.29, 1.82) is 0 Å². The highest BCUT2D eigenvalue weighted by Crippen LogP contribution is 2.22. The minimum atomic E-state index is -0.833. The fourth-order valence-electron chi connectivity index (χ4n) is 3.63. The normalized spacial score (nSPS) is 14.0. The molecule has 0 atom stereocenters. The second-order valence-electron chi connectivity index (χ2n) is 8.14. The monoisotopic (exact) mass is 452 g/mol. The van der Waals surface area contributed by atoms with Crippen molar-refractivity contribution in [2.24, 2.45) is 5.73 Å². The fourth-order valence-corrected chi connectivity index (χ4v) is 3.63. The van der Waals surface area contributed by atoms with Crippen LogP contribution in [0.3, 0.4) is 0 Å². The van der Waals surface area contributed by atoms with Crippen LogP contribution in [0.4, 0.5) is 5.82 Å². The Morgan fingerprint density at radius 1 is 1.15 bits per heavy atom. The minimum absolute atomic E-state index is 0.0714. The number of likely N-dealkylation sites (tertiary alicyclic amines) is 1. The first kappa shape index (κ1) is 24.2. The standard InChI is InChI=1S/C22H28N6O.C2H4O2/c1-2-3-12-24-20-8-9-21-25-15-19(28(21)26-20)16-4-6-17(7-5-16)22(29)27-13-10-18(23)11-14-27;1-2(3)4/h4-9,15,18H,2-3,10-14,23H2,1H3,(H,24,26);1H3,(H,3,4). The Hall–Kier alpha value is -3.46. The molecular weight excluding hydrogens is 420 g/mol. The molecule has 1 aromatic carbocycles. The molecule has 0 bridgehead atoms. The number of amides is 1. The Kier molecular flexibility index (Phi) is 8.37. The molecule has 9 heteroatoms. The van der Waals surface area contributed by atoms with Gasteiger partial charge in [-0.25, -0.2) is 9.50 Å². The van der Waals surface area contributed by atoms with E-state index < -0.39 is 5.97 Å². The summed E-state index contributed by atoms with van der Waals surface area (Å²) >= 11 is 0. The molecule has 0 unspecified atom stereocenters. The highest BCUT2D eigenvalue weighted by atomic mass is 16.4. The summed E-state index contributed by atoms with van der Waals surface area (Å²) in [6, 6.07) is 11.8. The molecule has 4 rings (SSSR count). The summed E-state index contributed by atoms with van der Waals surface area (Å²) in [6.07, 6.45) is 5.80. The van der Waals surface area contributed by atoms with Gasteiger partial charge in [-0.15, -0.1) is 5.10 Å². The van der Waals surface area contributed by atoms with Crippen molar-refractivity contribution in [2.75, 3.05) is 25.0 Å². The van der Waals surface area contributed by atoms with Gasteiger partial charge in [0.25, 0.3) is 11.9 Å². The Balaban J connectivity index is 0.000000709. The molecule has 0 radical (unpaired) electrons. The number of nitrogens with two attached hydrogens (primary N) is 1. The van der Waals surface area contributed by atoms with Crippen LogP contribution in [0.25, 0.3) is 16.9 Å². The number of imidazole rings is 1. The second-order valence-corrected chi connectivity index (χ2v) is 8.14. The van der Waals surface area contributed by atoms with Crippen LogP contribution in [0.1, 0.15) is 49.9 Å².